The van der Waals surface area contributed by atoms with E-state index >= 15 is 0 Å². The van der Waals surface area contributed by atoms with Crippen molar-refractivity contribution in [3.63, 3.8) is 0 Å². The van der Waals surface area contributed by atoms with Crippen LogP contribution in [0, 0.1) is 5.92 Å². The fourth-order valence-electron chi connectivity index (χ4n) is 1.85. The Morgan fingerprint density at radius 2 is 2.56 bits per heavy atom. The smallest absolute Gasteiger partial charge is 0.360 e. The fraction of sp³-hybridized carbons (Fsp3) is 0.667. The number of anilines is 1. The van der Waals surface area contributed by atoms with Crippen molar-refractivity contribution in [1.82, 2.24) is 4.98 Å². The standard InChI is InChI=1S/C12H18N2O4/c1-2-17-11(15)10-8-18-12(14-10)13-6-9-4-3-5-16-7-9/h8-9H,2-7H2,1H3,(H,13,14). The Balaban J connectivity index is 1.80. The molecule has 1 aromatic rings. The van der Waals surface area contributed by atoms with Crippen molar-refractivity contribution in [2.75, 3.05) is 31.7 Å². The van der Waals surface area contributed by atoms with Gasteiger partial charge in [-0.3, -0.25) is 0 Å². The van der Waals surface area contributed by atoms with Gasteiger partial charge in [-0.2, -0.15) is 4.98 Å². The number of carbonyl (C=O) groups is 1. The molecule has 1 aromatic heterocycles. The summed E-state index contributed by atoms with van der Waals surface area (Å²) < 4.78 is 15.4. The van der Waals surface area contributed by atoms with E-state index in [4.69, 9.17) is 13.9 Å². The van der Waals surface area contributed by atoms with E-state index in [0.717, 1.165) is 32.6 Å². The van der Waals surface area contributed by atoms with E-state index in [1.807, 2.05) is 0 Å². The number of carbonyl (C=O) groups excluding carboxylic acids is 1. The Morgan fingerprint density at radius 1 is 1.67 bits per heavy atom. The van der Waals surface area contributed by atoms with Gasteiger partial charge in [-0.15, -0.1) is 0 Å². The van der Waals surface area contributed by atoms with Crippen LogP contribution in [0.1, 0.15) is 30.3 Å². The van der Waals surface area contributed by atoms with E-state index in [2.05, 4.69) is 10.3 Å². The first-order valence-corrected chi connectivity index (χ1v) is 6.24. The summed E-state index contributed by atoms with van der Waals surface area (Å²) in [4.78, 5) is 15.4. The van der Waals surface area contributed by atoms with Crippen molar-refractivity contribution in [3.8, 4) is 0 Å². The second-order valence-electron chi connectivity index (χ2n) is 4.22. The molecule has 1 aliphatic heterocycles. The Hall–Kier alpha value is -1.56. The molecule has 1 saturated heterocycles. The Morgan fingerprint density at radius 3 is 3.28 bits per heavy atom. The van der Waals surface area contributed by atoms with E-state index in [1.165, 1.54) is 6.26 Å². The minimum Gasteiger partial charge on any atom is -0.461 e. The number of aromatic nitrogens is 1. The van der Waals surface area contributed by atoms with Crippen molar-refractivity contribution in [1.29, 1.82) is 0 Å². The predicted octanol–water partition coefficient (Wildman–Crippen LogP) is 1.69. The lowest BCUT2D eigenvalue weighted by atomic mass is 10.0. The first-order chi connectivity index (χ1) is 8.79. The third kappa shape index (κ3) is 3.46. The molecule has 2 heterocycles. The largest absolute Gasteiger partial charge is 0.461 e. The van der Waals surface area contributed by atoms with Gasteiger partial charge in [0.05, 0.1) is 13.2 Å². The van der Waals surface area contributed by atoms with Crippen LogP contribution in [-0.2, 0) is 9.47 Å². The molecule has 18 heavy (non-hydrogen) atoms. The van der Waals surface area contributed by atoms with Gasteiger partial charge in [0.2, 0.25) is 0 Å². The minimum absolute atomic E-state index is 0.194. The summed E-state index contributed by atoms with van der Waals surface area (Å²) in [6, 6.07) is 0.351. The molecule has 1 atom stereocenters. The Kier molecular flexibility index (Phi) is 4.58. The summed E-state index contributed by atoms with van der Waals surface area (Å²) in [6.07, 6.45) is 3.53. The molecule has 0 aliphatic carbocycles. The molecular formula is C12H18N2O4. The van der Waals surface area contributed by atoms with Gasteiger partial charge in [0.25, 0.3) is 6.01 Å². The highest BCUT2D eigenvalue weighted by Crippen LogP contribution is 2.15. The molecule has 1 unspecified atom stereocenters. The summed E-state index contributed by atoms with van der Waals surface area (Å²) in [7, 11) is 0. The van der Waals surface area contributed by atoms with E-state index in [1.54, 1.807) is 6.92 Å². The van der Waals surface area contributed by atoms with E-state index in [0.29, 0.717) is 18.5 Å². The van der Waals surface area contributed by atoms with Crippen molar-refractivity contribution in [2.24, 2.45) is 5.92 Å². The molecule has 2 rings (SSSR count). The van der Waals surface area contributed by atoms with Crippen molar-refractivity contribution in [2.45, 2.75) is 19.8 Å². The second kappa shape index (κ2) is 6.39. The second-order valence-corrected chi connectivity index (χ2v) is 4.22. The first-order valence-electron chi connectivity index (χ1n) is 6.24. The third-order valence-electron chi connectivity index (χ3n) is 2.79. The van der Waals surface area contributed by atoms with Crippen LogP contribution >= 0.6 is 0 Å². The van der Waals surface area contributed by atoms with Gasteiger partial charge in [0.1, 0.15) is 6.26 Å². The topological polar surface area (TPSA) is 73.6 Å². The summed E-state index contributed by atoms with van der Waals surface area (Å²) in [5.41, 5.74) is 0.194. The quantitative estimate of drug-likeness (QED) is 0.806. The molecule has 0 saturated carbocycles. The summed E-state index contributed by atoms with van der Waals surface area (Å²) in [5, 5.41) is 3.07. The number of ether oxygens (including phenoxy) is 2. The number of hydrogen-bond acceptors (Lipinski definition) is 6. The number of hydrogen-bond donors (Lipinski definition) is 1. The van der Waals surface area contributed by atoms with Gasteiger partial charge >= 0.3 is 5.97 Å². The van der Waals surface area contributed by atoms with Crippen LogP contribution in [0.15, 0.2) is 10.7 Å². The van der Waals surface area contributed by atoms with Gasteiger partial charge in [-0.1, -0.05) is 0 Å². The predicted molar refractivity (Wildman–Crippen MR) is 64.5 cm³/mol. The molecule has 100 valence electrons. The normalized spacial score (nSPS) is 19.5. The SMILES string of the molecule is CCOC(=O)c1coc(NCC2CCCOC2)n1. The van der Waals surface area contributed by atoms with Crippen LogP contribution in [0.5, 0.6) is 0 Å². The maximum atomic E-state index is 11.4. The number of nitrogens with one attached hydrogen (secondary N) is 1. The average Bonchev–Trinajstić information content (AvgIpc) is 2.87. The number of oxazole rings is 1. The lowest BCUT2D eigenvalue weighted by Gasteiger charge is -2.21. The van der Waals surface area contributed by atoms with Gasteiger partial charge in [-0.25, -0.2) is 4.79 Å². The van der Waals surface area contributed by atoms with Crippen molar-refractivity contribution < 1.29 is 18.7 Å². The van der Waals surface area contributed by atoms with Crippen LogP contribution in [0.4, 0.5) is 6.01 Å². The van der Waals surface area contributed by atoms with E-state index in [9.17, 15) is 4.79 Å². The molecule has 0 spiro atoms. The zero-order valence-corrected chi connectivity index (χ0v) is 10.5. The lowest BCUT2D eigenvalue weighted by molar-refractivity contribution is 0.0519. The molecule has 0 bridgehead atoms. The molecule has 1 N–H and O–H groups in total. The summed E-state index contributed by atoms with van der Waals surface area (Å²) in [6.45, 7) is 4.43. The first kappa shape index (κ1) is 12.9. The summed E-state index contributed by atoms with van der Waals surface area (Å²) in [5.74, 6) is 0.00648. The molecule has 1 aliphatic rings. The highest BCUT2D eigenvalue weighted by molar-refractivity contribution is 5.87. The third-order valence-corrected chi connectivity index (χ3v) is 2.79. The lowest BCUT2D eigenvalue weighted by Crippen LogP contribution is -2.24. The zero-order chi connectivity index (χ0) is 12.8. The van der Waals surface area contributed by atoms with Gasteiger partial charge in [0, 0.05) is 13.2 Å². The number of esters is 1. The van der Waals surface area contributed by atoms with Crippen LogP contribution in [0.2, 0.25) is 0 Å². The molecule has 0 aromatic carbocycles. The van der Waals surface area contributed by atoms with Crippen LogP contribution in [0.3, 0.4) is 0 Å². The van der Waals surface area contributed by atoms with Gasteiger partial charge < -0.3 is 19.2 Å². The maximum Gasteiger partial charge on any atom is 0.360 e. The molecule has 0 amide bonds. The monoisotopic (exact) mass is 254 g/mol. The van der Waals surface area contributed by atoms with E-state index in [-0.39, 0.29) is 5.69 Å². The fourth-order valence-corrected chi connectivity index (χ4v) is 1.85. The Labute approximate surface area is 106 Å². The summed E-state index contributed by atoms with van der Waals surface area (Å²) >= 11 is 0. The molecule has 6 nitrogen and oxygen atoms in total. The van der Waals surface area contributed by atoms with Crippen molar-refractivity contribution in [3.05, 3.63) is 12.0 Å². The van der Waals surface area contributed by atoms with Gasteiger partial charge in [-0.05, 0) is 25.7 Å². The maximum absolute atomic E-state index is 11.4. The minimum atomic E-state index is -0.463. The highest BCUT2D eigenvalue weighted by Gasteiger charge is 2.16. The van der Waals surface area contributed by atoms with Gasteiger partial charge in [0.15, 0.2) is 5.69 Å². The zero-order valence-electron chi connectivity index (χ0n) is 10.5. The number of nitrogens with zero attached hydrogens (tertiary/aromatic N) is 1. The molecule has 1 fully saturated rings. The molecule has 0 radical (unpaired) electrons. The van der Waals surface area contributed by atoms with E-state index < -0.39 is 5.97 Å². The molecule has 6 heteroatoms. The molecular weight excluding hydrogens is 236 g/mol. The van der Waals surface area contributed by atoms with Crippen LogP contribution in [-0.4, -0.2) is 37.3 Å². The highest BCUT2D eigenvalue weighted by atomic mass is 16.5. The van der Waals surface area contributed by atoms with Crippen LogP contribution in [0.25, 0.3) is 0 Å². The average molecular weight is 254 g/mol. The van der Waals surface area contributed by atoms with Crippen molar-refractivity contribution >= 4 is 12.0 Å². The van der Waals surface area contributed by atoms with Crippen LogP contribution < -0.4 is 5.32 Å². The number of rotatable bonds is 5. The Bertz CT molecular complexity index is 385.